The Morgan fingerprint density at radius 3 is 2.92 bits per heavy atom. The van der Waals surface area contributed by atoms with Gasteiger partial charge >= 0.3 is 0 Å². The van der Waals surface area contributed by atoms with Crippen molar-refractivity contribution in [1.82, 2.24) is 9.78 Å². The van der Waals surface area contributed by atoms with Crippen molar-refractivity contribution in [3.8, 4) is 0 Å². The van der Waals surface area contributed by atoms with Gasteiger partial charge in [-0.3, -0.25) is 4.68 Å². The number of aliphatic hydroxyl groups excluding tert-OH is 1. The fourth-order valence-corrected chi connectivity index (χ4v) is 1.04. The van der Waals surface area contributed by atoms with E-state index in [0.717, 1.165) is 18.7 Å². The SMILES string of the molecule is CC[C@H](C)Cn1ccc(CO)n1. The molecular weight excluding hydrogens is 152 g/mol. The first-order valence-electron chi connectivity index (χ1n) is 4.39. The summed E-state index contributed by atoms with van der Waals surface area (Å²) in [6.45, 7) is 5.34. The van der Waals surface area contributed by atoms with Gasteiger partial charge in [0.25, 0.3) is 0 Å². The van der Waals surface area contributed by atoms with Crippen molar-refractivity contribution < 1.29 is 5.11 Å². The molecule has 1 rings (SSSR count). The molecule has 0 aliphatic carbocycles. The van der Waals surface area contributed by atoms with Gasteiger partial charge in [-0.15, -0.1) is 0 Å². The Hall–Kier alpha value is -0.830. The first-order chi connectivity index (χ1) is 5.76. The molecule has 0 radical (unpaired) electrons. The molecule has 0 aliphatic heterocycles. The van der Waals surface area contributed by atoms with E-state index in [2.05, 4.69) is 18.9 Å². The van der Waals surface area contributed by atoms with Gasteiger partial charge in [0, 0.05) is 12.7 Å². The summed E-state index contributed by atoms with van der Waals surface area (Å²) >= 11 is 0. The van der Waals surface area contributed by atoms with Crippen LogP contribution in [-0.4, -0.2) is 14.9 Å². The van der Waals surface area contributed by atoms with Crippen LogP contribution in [0.15, 0.2) is 12.3 Å². The van der Waals surface area contributed by atoms with Crippen molar-refractivity contribution in [3.63, 3.8) is 0 Å². The molecule has 0 saturated heterocycles. The third-order valence-corrected chi connectivity index (χ3v) is 2.05. The lowest BCUT2D eigenvalue weighted by atomic mass is 10.1. The fraction of sp³-hybridized carbons (Fsp3) is 0.667. The predicted molar refractivity (Wildman–Crippen MR) is 47.6 cm³/mol. The molecule has 0 aromatic carbocycles. The molecule has 0 saturated carbocycles. The molecule has 0 bridgehead atoms. The van der Waals surface area contributed by atoms with Crippen LogP contribution >= 0.6 is 0 Å². The van der Waals surface area contributed by atoms with Gasteiger partial charge in [-0.25, -0.2) is 0 Å². The van der Waals surface area contributed by atoms with Gasteiger partial charge in [0.1, 0.15) is 0 Å². The van der Waals surface area contributed by atoms with E-state index in [9.17, 15) is 0 Å². The van der Waals surface area contributed by atoms with Gasteiger partial charge in [0.05, 0.1) is 12.3 Å². The van der Waals surface area contributed by atoms with Crippen molar-refractivity contribution in [3.05, 3.63) is 18.0 Å². The summed E-state index contributed by atoms with van der Waals surface area (Å²) in [5.41, 5.74) is 0.748. The van der Waals surface area contributed by atoms with Crippen molar-refractivity contribution in [2.75, 3.05) is 0 Å². The highest BCUT2D eigenvalue weighted by atomic mass is 16.3. The average Bonchev–Trinajstić information content (AvgIpc) is 2.52. The number of rotatable bonds is 4. The summed E-state index contributed by atoms with van der Waals surface area (Å²) in [6.07, 6.45) is 3.08. The molecule has 0 spiro atoms. The van der Waals surface area contributed by atoms with Gasteiger partial charge in [-0.05, 0) is 12.0 Å². The maximum absolute atomic E-state index is 8.77. The Morgan fingerprint density at radius 1 is 1.67 bits per heavy atom. The van der Waals surface area contributed by atoms with Crippen LogP contribution < -0.4 is 0 Å². The molecule has 1 N–H and O–H groups in total. The van der Waals surface area contributed by atoms with Gasteiger partial charge < -0.3 is 5.11 Å². The molecule has 1 aromatic rings. The zero-order valence-corrected chi connectivity index (χ0v) is 7.70. The minimum Gasteiger partial charge on any atom is -0.390 e. The van der Waals surface area contributed by atoms with E-state index in [4.69, 9.17) is 5.11 Å². The van der Waals surface area contributed by atoms with Crippen molar-refractivity contribution in [2.45, 2.75) is 33.4 Å². The van der Waals surface area contributed by atoms with Crippen LogP contribution in [0.2, 0.25) is 0 Å². The summed E-state index contributed by atoms with van der Waals surface area (Å²) < 4.78 is 1.89. The molecule has 12 heavy (non-hydrogen) atoms. The Bertz CT molecular complexity index is 232. The van der Waals surface area contributed by atoms with E-state index in [0.29, 0.717) is 5.92 Å². The standard InChI is InChI=1S/C9H16N2O/c1-3-8(2)6-11-5-4-9(7-12)10-11/h4-5,8,12H,3,6-7H2,1-2H3/t8-/m0/s1. The Kier molecular flexibility index (Phi) is 3.29. The molecule has 0 aliphatic rings. The zero-order valence-electron chi connectivity index (χ0n) is 7.70. The molecule has 68 valence electrons. The van der Waals surface area contributed by atoms with Gasteiger partial charge in [-0.1, -0.05) is 20.3 Å². The average molecular weight is 168 g/mol. The number of hydrogen-bond acceptors (Lipinski definition) is 2. The molecule has 0 unspecified atom stereocenters. The van der Waals surface area contributed by atoms with Crippen molar-refractivity contribution in [1.29, 1.82) is 0 Å². The highest BCUT2D eigenvalue weighted by Gasteiger charge is 2.01. The summed E-state index contributed by atoms with van der Waals surface area (Å²) in [4.78, 5) is 0. The van der Waals surface area contributed by atoms with Crippen LogP contribution in [-0.2, 0) is 13.2 Å². The summed E-state index contributed by atoms with van der Waals surface area (Å²) in [6, 6.07) is 1.85. The van der Waals surface area contributed by atoms with Crippen LogP contribution in [0.25, 0.3) is 0 Å². The molecule has 1 heterocycles. The highest BCUT2D eigenvalue weighted by molar-refractivity contribution is 4.96. The number of nitrogens with zero attached hydrogens (tertiary/aromatic N) is 2. The summed E-state index contributed by atoms with van der Waals surface area (Å²) in [7, 11) is 0. The van der Waals surface area contributed by atoms with Gasteiger partial charge in [0.2, 0.25) is 0 Å². The monoisotopic (exact) mass is 168 g/mol. The smallest absolute Gasteiger partial charge is 0.0878 e. The van der Waals surface area contributed by atoms with Gasteiger partial charge in [0.15, 0.2) is 0 Å². The van der Waals surface area contributed by atoms with E-state index in [1.807, 2.05) is 16.9 Å². The van der Waals surface area contributed by atoms with E-state index >= 15 is 0 Å². The third kappa shape index (κ3) is 2.34. The van der Waals surface area contributed by atoms with E-state index in [-0.39, 0.29) is 6.61 Å². The van der Waals surface area contributed by atoms with Crippen LogP contribution in [0.3, 0.4) is 0 Å². The Balaban J connectivity index is 2.52. The number of aliphatic hydroxyl groups is 1. The van der Waals surface area contributed by atoms with Crippen LogP contribution in [0.5, 0.6) is 0 Å². The number of hydrogen-bond donors (Lipinski definition) is 1. The molecule has 0 fully saturated rings. The molecule has 3 nitrogen and oxygen atoms in total. The van der Waals surface area contributed by atoms with E-state index in [1.165, 1.54) is 0 Å². The maximum atomic E-state index is 8.77. The third-order valence-electron chi connectivity index (χ3n) is 2.05. The second-order valence-electron chi connectivity index (χ2n) is 3.20. The first-order valence-corrected chi connectivity index (χ1v) is 4.39. The fourth-order valence-electron chi connectivity index (χ4n) is 1.04. The second-order valence-corrected chi connectivity index (χ2v) is 3.20. The highest BCUT2D eigenvalue weighted by Crippen LogP contribution is 2.04. The van der Waals surface area contributed by atoms with Crippen molar-refractivity contribution in [2.24, 2.45) is 5.92 Å². The Labute approximate surface area is 73.0 Å². The van der Waals surface area contributed by atoms with Crippen LogP contribution in [0.4, 0.5) is 0 Å². The van der Waals surface area contributed by atoms with E-state index < -0.39 is 0 Å². The lowest BCUT2D eigenvalue weighted by Gasteiger charge is -2.07. The van der Waals surface area contributed by atoms with Crippen molar-refractivity contribution >= 4 is 0 Å². The van der Waals surface area contributed by atoms with Crippen LogP contribution in [0.1, 0.15) is 26.0 Å². The quantitative estimate of drug-likeness (QED) is 0.738. The van der Waals surface area contributed by atoms with E-state index in [1.54, 1.807) is 0 Å². The number of aromatic nitrogens is 2. The van der Waals surface area contributed by atoms with Gasteiger partial charge in [-0.2, -0.15) is 5.10 Å². The topological polar surface area (TPSA) is 38.0 Å². The Morgan fingerprint density at radius 2 is 2.42 bits per heavy atom. The zero-order chi connectivity index (χ0) is 8.97. The minimum absolute atomic E-state index is 0.0352. The largest absolute Gasteiger partial charge is 0.390 e. The lowest BCUT2D eigenvalue weighted by Crippen LogP contribution is -2.07. The normalized spacial score (nSPS) is 13.2. The maximum Gasteiger partial charge on any atom is 0.0878 e. The van der Waals surface area contributed by atoms with Crippen LogP contribution in [0, 0.1) is 5.92 Å². The summed E-state index contributed by atoms with van der Waals surface area (Å²) in [5.74, 6) is 0.649. The minimum atomic E-state index is 0.0352. The second kappa shape index (κ2) is 4.26. The summed E-state index contributed by atoms with van der Waals surface area (Å²) in [5, 5.41) is 12.9. The molecule has 1 atom stereocenters. The molecule has 1 aromatic heterocycles. The first kappa shape index (κ1) is 9.26. The predicted octanol–water partition coefficient (Wildman–Crippen LogP) is 1.42. The molecular formula is C9H16N2O. The molecule has 3 heteroatoms. The molecule has 0 amide bonds. The lowest BCUT2D eigenvalue weighted by molar-refractivity contribution is 0.274.